The van der Waals surface area contributed by atoms with Crippen molar-refractivity contribution in [2.45, 2.75) is 23.0 Å². The molecule has 126 valence electrons. The molecule has 7 nitrogen and oxygen atoms in total. The number of thioether (sulfide) groups is 1. The van der Waals surface area contributed by atoms with E-state index in [4.69, 9.17) is 0 Å². The molecule has 11 heteroatoms. The fourth-order valence-electron chi connectivity index (χ4n) is 2.24. The van der Waals surface area contributed by atoms with Crippen molar-refractivity contribution in [2.24, 2.45) is 7.05 Å². The first-order valence-corrected chi connectivity index (χ1v) is 7.58. The number of alkyl halides is 3. The number of anilines is 1. The molecule has 0 bridgehead atoms. The zero-order chi connectivity index (χ0) is 17.5. The number of carbonyl (C=O) groups is 2. The van der Waals surface area contributed by atoms with Crippen LogP contribution in [0.2, 0.25) is 0 Å². The van der Waals surface area contributed by atoms with E-state index in [1.165, 1.54) is 10.7 Å². The van der Waals surface area contributed by atoms with Gasteiger partial charge in [-0.25, -0.2) is 9.58 Å². The summed E-state index contributed by atoms with van der Waals surface area (Å²) in [6.07, 6.45) is -4.69. The second-order valence-electron chi connectivity index (χ2n) is 5.01. The summed E-state index contributed by atoms with van der Waals surface area (Å²) in [5.74, 6) is -1.15. The summed E-state index contributed by atoms with van der Waals surface area (Å²) in [6, 6.07) is 4.12. The summed E-state index contributed by atoms with van der Waals surface area (Å²) >= 11 is 0.997. The monoisotopic (exact) mass is 357 g/mol. The molecule has 2 aromatic rings. The van der Waals surface area contributed by atoms with E-state index in [9.17, 15) is 22.8 Å². The van der Waals surface area contributed by atoms with Crippen LogP contribution < -0.4 is 4.90 Å². The van der Waals surface area contributed by atoms with Crippen molar-refractivity contribution in [1.82, 2.24) is 20.2 Å². The zero-order valence-electron chi connectivity index (χ0n) is 12.2. The maximum Gasteiger partial charge on any atom is 0.416 e. The first kappa shape index (κ1) is 16.4. The Balaban J connectivity index is 1.86. The van der Waals surface area contributed by atoms with Gasteiger partial charge in [-0.2, -0.15) is 13.2 Å². The Labute approximate surface area is 137 Å². The van der Waals surface area contributed by atoms with Crippen LogP contribution in [-0.4, -0.2) is 37.3 Å². The summed E-state index contributed by atoms with van der Waals surface area (Å²) in [6.45, 7) is 0. The van der Waals surface area contributed by atoms with Gasteiger partial charge in [-0.15, -0.1) is 5.10 Å². The highest BCUT2D eigenvalue weighted by atomic mass is 32.2. The molecule has 0 unspecified atom stereocenters. The standard InChI is InChI=1S/C13H10F3N5O2S/c1-20-12(17-18-19-20)24-9-6-10(22)21(11(9)23)8-4-2-3-7(5-8)13(14,15)16/h2-5,9H,6H2,1H3/t9-/m0/s1. The molecule has 1 aliphatic heterocycles. The van der Waals surface area contributed by atoms with Crippen molar-refractivity contribution < 1.29 is 22.8 Å². The number of rotatable bonds is 3. The van der Waals surface area contributed by atoms with E-state index >= 15 is 0 Å². The van der Waals surface area contributed by atoms with Crippen LogP contribution in [0, 0.1) is 0 Å². The molecule has 0 spiro atoms. The Kier molecular flexibility index (Phi) is 4.03. The van der Waals surface area contributed by atoms with Gasteiger partial charge in [-0.05, 0) is 28.6 Å². The average Bonchev–Trinajstić information content (AvgIpc) is 3.03. The summed E-state index contributed by atoms with van der Waals surface area (Å²) in [5.41, 5.74) is -1.02. The number of amides is 2. The van der Waals surface area contributed by atoms with Crippen LogP contribution in [-0.2, 0) is 22.8 Å². The molecule has 1 fully saturated rings. The van der Waals surface area contributed by atoms with Crippen LogP contribution in [0.5, 0.6) is 0 Å². The van der Waals surface area contributed by atoms with E-state index in [0.717, 1.165) is 34.9 Å². The lowest BCUT2D eigenvalue weighted by Crippen LogP contribution is -2.31. The van der Waals surface area contributed by atoms with Crippen LogP contribution in [0.25, 0.3) is 0 Å². The maximum absolute atomic E-state index is 12.8. The van der Waals surface area contributed by atoms with Gasteiger partial charge in [-0.3, -0.25) is 9.59 Å². The predicted octanol–water partition coefficient (Wildman–Crippen LogP) is 1.65. The van der Waals surface area contributed by atoms with Gasteiger partial charge in [0.15, 0.2) is 0 Å². The predicted molar refractivity (Wildman–Crippen MR) is 77.0 cm³/mol. The number of hydrogen-bond acceptors (Lipinski definition) is 6. The Hall–Kier alpha value is -2.43. The highest BCUT2D eigenvalue weighted by molar-refractivity contribution is 8.00. The first-order valence-electron chi connectivity index (χ1n) is 6.70. The SMILES string of the molecule is Cn1nnnc1S[C@H]1CC(=O)N(c2cccc(C(F)(F)F)c2)C1=O. The van der Waals surface area contributed by atoms with Crippen molar-refractivity contribution in [1.29, 1.82) is 0 Å². The first-order chi connectivity index (χ1) is 11.3. The van der Waals surface area contributed by atoms with Crippen molar-refractivity contribution in [3.8, 4) is 0 Å². The van der Waals surface area contributed by atoms with Gasteiger partial charge in [0.1, 0.15) is 5.25 Å². The molecule has 0 aliphatic carbocycles. The van der Waals surface area contributed by atoms with Gasteiger partial charge >= 0.3 is 6.18 Å². The summed E-state index contributed by atoms with van der Waals surface area (Å²) in [4.78, 5) is 25.3. The summed E-state index contributed by atoms with van der Waals surface area (Å²) < 4.78 is 39.8. The second-order valence-corrected chi connectivity index (χ2v) is 6.18. The van der Waals surface area contributed by atoms with Crippen molar-refractivity contribution in [2.75, 3.05) is 4.90 Å². The molecule has 1 atom stereocenters. The summed E-state index contributed by atoms with van der Waals surface area (Å²) in [7, 11) is 1.58. The molecule has 3 rings (SSSR count). The number of benzene rings is 1. The third kappa shape index (κ3) is 2.98. The minimum Gasteiger partial charge on any atom is -0.274 e. The van der Waals surface area contributed by atoms with Gasteiger partial charge in [0.2, 0.25) is 17.0 Å². The van der Waals surface area contributed by atoms with E-state index in [1.807, 2.05) is 0 Å². The smallest absolute Gasteiger partial charge is 0.274 e. The van der Waals surface area contributed by atoms with Crippen LogP contribution >= 0.6 is 11.8 Å². The summed E-state index contributed by atoms with van der Waals surface area (Å²) in [5, 5.41) is 10.3. The molecule has 2 amide bonds. The highest BCUT2D eigenvalue weighted by Crippen LogP contribution is 2.35. The number of halogens is 3. The topological polar surface area (TPSA) is 81.0 Å². The minimum atomic E-state index is -4.56. The van der Waals surface area contributed by atoms with Crippen LogP contribution in [0.4, 0.5) is 18.9 Å². The van der Waals surface area contributed by atoms with E-state index in [2.05, 4.69) is 15.5 Å². The normalized spacial score (nSPS) is 18.5. The number of tetrazole rings is 1. The molecule has 1 aromatic carbocycles. The molecule has 0 saturated carbocycles. The maximum atomic E-state index is 12.8. The molecule has 1 aromatic heterocycles. The Bertz CT molecular complexity index is 807. The van der Waals surface area contributed by atoms with Gasteiger partial charge in [-0.1, -0.05) is 17.8 Å². The Morgan fingerprint density at radius 2 is 2.04 bits per heavy atom. The van der Waals surface area contributed by atoms with E-state index < -0.39 is 28.8 Å². The van der Waals surface area contributed by atoms with Crippen LogP contribution in [0.15, 0.2) is 29.4 Å². The molecule has 1 aliphatic rings. The largest absolute Gasteiger partial charge is 0.416 e. The van der Waals surface area contributed by atoms with Crippen molar-refractivity contribution >= 4 is 29.3 Å². The van der Waals surface area contributed by atoms with Crippen molar-refractivity contribution in [3.05, 3.63) is 29.8 Å². The fraction of sp³-hybridized carbons (Fsp3) is 0.308. The number of aromatic nitrogens is 4. The molecule has 0 N–H and O–H groups in total. The van der Waals surface area contributed by atoms with Gasteiger partial charge in [0.25, 0.3) is 0 Å². The molecular weight excluding hydrogens is 347 g/mol. The number of nitrogens with zero attached hydrogens (tertiary/aromatic N) is 5. The fourth-order valence-corrected chi connectivity index (χ4v) is 3.20. The highest BCUT2D eigenvalue weighted by Gasteiger charge is 2.41. The van der Waals surface area contributed by atoms with Gasteiger partial charge in [0, 0.05) is 13.5 Å². The minimum absolute atomic E-state index is 0.0981. The average molecular weight is 357 g/mol. The molecule has 24 heavy (non-hydrogen) atoms. The van der Waals surface area contributed by atoms with Crippen LogP contribution in [0.1, 0.15) is 12.0 Å². The third-order valence-electron chi connectivity index (χ3n) is 3.37. The lowest BCUT2D eigenvalue weighted by Gasteiger charge is -2.16. The zero-order valence-corrected chi connectivity index (χ0v) is 13.0. The number of aryl methyl sites for hydroxylation is 1. The number of imide groups is 1. The number of hydrogen-bond donors (Lipinski definition) is 0. The van der Waals surface area contributed by atoms with Gasteiger partial charge < -0.3 is 0 Å². The van der Waals surface area contributed by atoms with Crippen molar-refractivity contribution in [3.63, 3.8) is 0 Å². The lowest BCUT2D eigenvalue weighted by atomic mass is 10.2. The second kappa shape index (κ2) is 5.89. The lowest BCUT2D eigenvalue weighted by molar-refractivity contribution is -0.137. The molecular formula is C13H10F3N5O2S. The van der Waals surface area contributed by atoms with Crippen LogP contribution in [0.3, 0.4) is 0 Å². The van der Waals surface area contributed by atoms with Gasteiger partial charge in [0.05, 0.1) is 11.3 Å². The quantitative estimate of drug-likeness (QED) is 0.777. The molecule has 2 heterocycles. The number of carbonyl (C=O) groups excluding carboxylic acids is 2. The Morgan fingerprint density at radius 3 is 2.67 bits per heavy atom. The third-order valence-corrected chi connectivity index (χ3v) is 4.58. The molecule has 1 saturated heterocycles. The van der Waals surface area contributed by atoms with E-state index in [0.29, 0.717) is 5.16 Å². The van der Waals surface area contributed by atoms with E-state index in [1.54, 1.807) is 7.05 Å². The Morgan fingerprint density at radius 1 is 1.29 bits per heavy atom. The molecule has 0 radical (unpaired) electrons. The van der Waals surface area contributed by atoms with E-state index in [-0.39, 0.29) is 12.1 Å².